The number of aliphatic hydroxyl groups is 2. The number of fused-ring (bicyclic) bond motifs is 3. The Morgan fingerprint density at radius 3 is 2.62 bits per heavy atom. The Labute approximate surface area is 228 Å². The standard InChI is InChI=1S/C29H37NO9/c1-27(2,33)8-5-10-29(34,16-23(31)36-4)26(32)39-25-22(35-3)15-28-9-6-11-30(28)12-7-18-13-20-21(38-17-37-20)14-19(18)24(25)28/h5,8,13-15,24-25,33-34H,6-7,9-12,16-17H2,1-4H3/b8-5+/t24-,25-,28+,29?/m1/s1. The van der Waals surface area contributed by atoms with Crippen molar-refractivity contribution in [2.45, 2.75) is 74.7 Å². The summed E-state index contributed by atoms with van der Waals surface area (Å²) in [6, 6.07) is 3.98. The molecule has 1 saturated heterocycles. The fraction of sp³-hybridized carbons (Fsp3) is 0.586. The third-order valence-electron chi connectivity index (χ3n) is 8.22. The van der Waals surface area contributed by atoms with Crippen LogP contribution in [0, 0.1) is 0 Å². The minimum absolute atomic E-state index is 0.152. The van der Waals surface area contributed by atoms with Gasteiger partial charge in [-0.2, -0.15) is 0 Å². The van der Waals surface area contributed by atoms with Crippen LogP contribution in [0.15, 0.2) is 36.1 Å². The summed E-state index contributed by atoms with van der Waals surface area (Å²) in [5.41, 5.74) is -1.73. The third kappa shape index (κ3) is 5.01. The molecule has 1 aromatic rings. The smallest absolute Gasteiger partial charge is 0.339 e. The highest BCUT2D eigenvalue weighted by molar-refractivity contribution is 5.86. The molecule has 5 rings (SSSR count). The van der Waals surface area contributed by atoms with Crippen LogP contribution in [0.2, 0.25) is 0 Å². The van der Waals surface area contributed by atoms with E-state index in [2.05, 4.69) is 11.0 Å². The molecule has 10 nitrogen and oxygen atoms in total. The molecule has 4 aliphatic rings. The summed E-state index contributed by atoms with van der Waals surface area (Å²) in [4.78, 5) is 28.4. The number of rotatable bonds is 8. The maximum Gasteiger partial charge on any atom is 0.339 e. The molecule has 1 spiro atoms. The molecule has 1 aromatic carbocycles. The normalized spacial score (nSPS) is 27.2. The number of nitrogens with zero attached hydrogens (tertiary/aromatic N) is 1. The summed E-state index contributed by atoms with van der Waals surface area (Å²) >= 11 is 0. The van der Waals surface area contributed by atoms with E-state index < -0.39 is 41.2 Å². The molecule has 3 aliphatic heterocycles. The number of carbonyl (C=O) groups excluding carboxylic acids is 2. The highest BCUT2D eigenvalue weighted by Gasteiger charge is 2.59. The van der Waals surface area contributed by atoms with Crippen LogP contribution in [0.4, 0.5) is 0 Å². The molecule has 0 aromatic heterocycles. The average molecular weight is 544 g/mol. The topological polar surface area (TPSA) is 124 Å². The summed E-state index contributed by atoms with van der Waals surface area (Å²) in [7, 11) is 2.73. The van der Waals surface area contributed by atoms with Gasteiger partial charge in [0.1, 0.15) is 5.76 Å². The van der Waals surface area contributed by atoms with Gasteiger partial charge in [0.05, 0.1) is 37.7 Å². The fourth-order valence-corrected chi connectivity index (χ4v) is 6.40. The second-order valence-corrected chi connectivity index (χ2v) is 11.3. The number of ether oxygens (including phenoxy) is 5. The van der Waals surface area contributed by atoms with Crippen LogP contribution < -0.4 is 9.47 Å². The van der Waals surface area contributed by atoms with Crippen molar-refractivity contribution >= 4 is 11.9 Å². The van der Waals surface area contributed by atoms with Crippen molar-refractivity contribution in [1.29, 1.82) is 0 Å². The van der Waals surface area contributed by atoms with Crippen molar-refractivity contribution in [3.05, 3.63) is 47.2 Å². The van der Waals surface area contributed by atoms with E-state index in [1.165, 1.54) is 19.3 Å². The van der Waals surface area contributed by atoms with Gasteiger partial charge in [0.2, 0.25) is 6.79 Å². The van der Waals surface area contributed by atoms with Crippen molar-refractivity contribution in [2.24, 2.45) is 0 Å². The predicted molar refractivity (Wildman–Crippen MR) is 139 cm³/mol. The number of benzene rings is 1. The highest BCUT2D eigenvalue weighted by atomic mass is 16.7. The minimum Gasteiger partial charge on any atom is -0.497 e. The van der Waals surface area contributed by atoms with Crippen LogP contribution in [-0.4, -0.2) is 84.0 Å². The van der Waals surface area contributed by atoms with Crippen LogP contribution in [0.25, 0.3) is 0 Å². The van der Waals surface area contributed by atoms with Gasteiger partial charge in [-0.05, 0) is 69.0 Å². The zero-order chi connectivity index (χ0) is 28.0. The maximum atomic E-state index is 13.7. The Hall–Kier alpha value is -3.08. The monoisotopic (exact) mass is 543 g/mol. The predicted octanol–water partition coefficient (Wildman–Crippen LogP) is 2.36. The first-order valence-electron chi connectivity index (χ1n) is 13.3. The Kier molecular flexibility index (Phi) is 7.15. The van der Waals surface area contributed by atoms with E-state index in [1.54, 1.807) is 21.0 Å². The lowest BCUT2D eigenvalue weighted by atomic mass is 9.77. The molecule has 0 bridgehead atoms. The molecule has 0 radical (unpaired) electrons. The zero-order valence-corrected chi connectivity index (χ0v) is 22.9. The van der Waals surface area contributed by atoms with Gasteiger partial charge >= 0.3 is 11.9 Å². The molecular weight excluding hydrogens is 506 g/mol. The lowest BCUT2D eigenvalue weighted by Crippen LogP contribution is -2.49. The van der Waals surface area contributed by atoms with Gasteiger partial charge in [0.25, 0.3) is 0 Å². The van der Waals surface area contributed by atoms with Crippen molar-refractivity contribution in [1.82, 2.24) is 4.90 Å². The van der Waals surface area contributed by atoms with E-state index in [-0.39, 0.29) is 19.1 Å². The second-order valence-electron chi connectivity index (χ2n) is 11.3. The first-order chi connectivity index (χ1) is 18.5. The first kappa shape index (κ1) is 27.5. The third-order valence-corrected chi connectivity index (χ3v) is 8.22. The van der Waals surface area contributed by atoms with Gasteiger partial charge in [0, 0.05) is 13.0 Å². The van der Waals surface area contributed by atoms with E-state index in [1.807, 2.05) is 12.1 Å². The summed E-state index contributed by atoms with van der Waals surface area (Å²) in [5, 5.41) is 21.5. The first-order valence-corrected chi connectivity index (χ1v) is 13.3. The number of methoxy groups -OCH3 is 2. The summed E-state index contributed by atoms with van der Waals surface area (Å²) in [6.45, 7) is 5.01. The van der Waals surface area contributed by atoms with Crippen molar-refractivity contribution < 1.29 is 43.5 Å². The lowest BCUT2D eigenvalue weighted by Gasteiger charge is -2.39. The summed E-state index contributed by atoms with van der Waals surface area (Å²) < 4.78 is 28.0. The lowest BCUT2D eigenvalue weighted by molar-refractivity contribution is -0.177. The van der Waals surface area contributed by atoms with Crippen molar-refractivity contribution in [3.63, 3.8) is 0 Å². The number of hydrogen-bond donors (Lipinski definition) is 2. The van der Waals surface area contributed by atoms with Crippen LogP contribution in [0.3, 0.4) is 0 Å². The van der Waals surface area contributed by atoms with E-state index in [9.17, 15) is 19.8 Å². The second kappa shape index (κ2) is 10.1. The molecule has 10 heteroatoms. The molecule has 0 amide bonds. The van der Waals surface area contributed by atoms with Crippen LogP contribution >= 0.6 is 0 Å². The maximum absolute atomic E-state index is 13.7. The van der Waals surface area contributed by atoms with E-state index in [0.29, 0.717) is 17.3 Å². The molecular formula is C29H37NO9. The van der Waals surface area contributed by atoms with Gasteiger partial charge in [-0.3, -0.25) is 9.69 Å². The highest BCUT2D eigenvalue weighted by Crippen LogP contribution is 2.55. The molecule has 1 fully saturated rings. The fourth-order valence-electron chi connectivity index (χ4n) is 6.40. The van der Waals surface area contributed by atoms with Gasteiger partial charge in [-0.25, -0.2) is 4.79 Å². The largest absolute Gasteiger partial charge is 0.497 e. The van der Waals surface area contributed by atoms with E-state index >= 15 is 0 Å². The van der Waals surface area contributed by atoms with E-state index in [0.717, 1.165) is 43.5 Å². The van der Waals surface area contributed by atoms with Crippen LogP contribution in [-0.2, 0) is 30.2 Å². The Morgan fingerprint density at radius 1 is 1.18 bits per heavy atom. The summed E-state index contributed by atoms with van der Waals surface area (Å²) in [5.74, 6) is -0.202. The SMILES string of the molecule is COC(=O)CC(O)(C/C=C/C(C)(C)O)C(=O)O[C@@H]1C(OC)=C[C@]23CCCN2CCc2cc4c(cc2[C@H]13)OCO4. The van der Waals surface area contributed by atoms with Crippen LogP contribution in [0.5, 0.6) is 11.5 Å². The van der Waals surface area contributed by atoms with Gasteiger partial charge in [-0.1, -0.05) is 12.2 Å². The van der Waals surface area contributed by atoms with E-state index in [4.69, 9.17) is 23.7 Å². The molecule has 4 atom stereocenters. The van der Waals surface area contributed by atoms with Crippen LogP contribution in [0.1, 0.15) is 56.6 Å². The van der Waals surface area contributed by atoms with Gasteiger partial charge in [0.15, 0.2) is 23.2 Å². The Morgan fingerprint density at radius 2 is 1.92 bits per heavy atom. The molecule has 39 heavy (non-hydrogen) atoms. The van der Waals surface area contributed by atoms with Gasteiger partial charge < -0.3 is 33.9 Å². The number of hydrogen-bond acceptors (Lipinski definition) is 10. The Balaban J connectivity index is 1.53. The van der Waals surface area contributed by atoms with Gasteiger partial charge in [-0.15, -0.1) is 0 Å². The summed E-state index contributed by atoms with van der Waals surface area (Å²) in [6.07, 6.45) is 5.93. The zero-order valence-electron chi connectivity index (χ0n) is 22.9. The number of esters is 2. The van der Waals surface area contributed by atoms with Crippen molar-refractivity contribution in [3.8, 4) is 11.5 Å². The molecule has 1 aliphatic carbocycles. The molecule has 1 unspecified atom stereocenters. The molecule has 0 saturated carbocycles. The van der Waals surface area contributed by atoms with Crippen molar-refractivity contribution in [2.75, 3.05) is 34.1 Å². The Bertz CT molecular complexity index is 1200. The average Bonchev–Trinajstić information content (AvgIpc) is 3.56. The molecule has 212 valence electrons. The molecule has 2 N–H and O–H groups in total. The minimum atomic E-state index is -2.21. The quantitative estimate of drug-likeness (QED) is 0.373. The molecule has 3 heterocycles. The number of carbonyl (C=O) groups is 2.